The largest absolute Gasteiger partial charge is 0.486 e. The number of benzene rings is 6. The summed E-state index contributed by atoms with van der Waals surface area (Å²) in [7, 11) is -1.50. The first-order valence-electron chi connectivity index (χ1n) is 28.3. The van der Waals surface area contributed by atoms with Crippen LogP contribution in [0.1, 0.15) is 102 Å². The fraction of sp³-hybridized carbons (Fsp3) is 0.254. The van der Waals surface area contributed by atoms with Gasteiger partial charge in [0, 0.05) is 56.8 Å². The molecule has 0 spiro atoms. The number of pyridine rings is 2. The Morgan fingerprint density at radius 3 is 2.10 bits per heavy atom. The van der Waals surface area contributed by atoms with Crippen LogP contribution in [0.15, 0.2) is 150 Å². The number of nitrogens with zero attached hydrogens (tertiary/aromatic N) is 4. The van der Waals surface area contributed by atoms with Crippen LogP contribution >= 0.6 is 0 Å². The average molecular weight is 1120 g/mol. The monoisotopic (exact) mass is 1120 g/mol. The van der Waals surface area contributed by atoms with Gasteiger partial charge in [0.05, 0.1) is 30.5 Å². The van der Waals surface area contributed by atoms with E-state index in [2.05, 4.69) is 78.1 Å². The molecule has 0 saturated heterocycles. The van der Waals surface area contributed by atoms with Gasteiger partial charge in [-0.25, -0.2) is 4.98 Å². The van der Waals surface area contributed by atoms with Gasteiger partial charge in [0.25, 0.3) is 0 Å². The number of imidazole rings is 1. The van der Waals surface area contributed by atoms with Crippen molar-refractivity contribution in [2.45, 2.75) is 100.0 Å². The molecule has 4 heterocycles. The molecule has 0 aliphatic heterocycles. The maximum absolute atomic E-state index is 9.48. The molecule has 0 bridgehead atoms. The first-order chi connectivity index (χ1) is 36.7. The van der Waals surface area contributed by atoms with Crippen LogP contribution in [-0.4, -0.2) is 27.6 Å². The van der Waals surface area contributed by atoms with Crippen LogP contribution in [0, 0.1) is 31.3 Å². The van der Waals surface area contributed by atoms with Gasteiger partial charge in [-0.1, -0.05) is 176 Å². The second-order valence-corrected chi connectivity index (χ2v) is 25.2. The van der Waals surface area contributed by atoms with Crippen LogP contribution in [0.3, 0.4) is 0 Å². The molecule has 10 rings (SSSR count). The summed E-state index contributed by atoms with van der Waals surface area (Å²) in [6.07, 6.45) is 0.0246. The van der Waals surface area contributed by atoms with Crippen LogP contribution < -0.4 is 5.19 Å². The zero-order chi connectivity index (χ0) is 57.4. The van der Waals surface area contributed by atoms with E-state index in [9.17, 15) is 2.74 Å². The van der Waals surface area contributed by atoms with E-state index < -0.39 is 45.4 Å². The quantitative estimate of drug-likeness (QED) is 0.107. The predicted octanol–water partition coefficient (Wildman–Crippen LogP) is 16.7. The molecule has 0 fully saturated rings. The third kappa shape index (κ3) is 10.4. The minimum atomic E-state index is -2.38. The molecule has 0 amide bonds. The van der Waals surface area contributed by atoms with Gasteiger partial charge in [-0.15, -0.1) is 47.5 Å². The van der Waals surface area contributed by atoms with Gasteiger partial charge >= 0.3 is 0 Å². The summed E-state index contributed by atoms with van der Waals surface area (Å²) >= 11 is 0. The second-order valence-electron chi connectivity index (χ2n) is 20.1. The van der Waals surface area contributed by atoms with Gasteiger partial charge in [0.2, 0.25) is 5.71 Å². The van der Waals surface area contributed by atoms with Crippen LogP contribution in [0.5, 0.6) is 0 Å². The molecule has 0 atom stereocenters. The van der Waals surface area contributed by atoms with E-state index in [1.807, 2.05) is 120 Å². The van der Waals surface area contributed by atoms with Gasteiger partial charge in [-0.05, 0) is 106 Å². The molecule has 4 aromatic heterocycles. The molecule has 7 heteroatoms. The molecular formula is C63H64IrN4OSi-2. The number of hydrogen-bond acceptors (Lipinski definition) is 4. The summed E-state index contributed by atoms with van der Waals surface area (Å²) in [6, 6.07) is 50.3. The smallest absolute Gasteiger partial charge is 0.216 e. The molecule has 0 aliphatic carbocycles. The average Bonchev–Trinajstić information content (AvgIpc) is 3.98. The summed E-state index contributed by atoms with van der Waals surface area (Å²) in [4.78, 5) is 14.0. The number of fused-ring (bicyclic) bond motifs is 4. The molecule has 0 aliphatic rings. The summed E-state index contributed by atoms with van der Waals surface area (Å²) in [6.45, 7) is 15.5. The normalized spacial score (nSPS) is 14.9. The molecule has 0 N–H and O–H groups in total. The number of aryl methyl sites for hydroxylation is 2. The van der Waals surface area contributed by atoms with Gasteiger partial charge in [-0.2, -0.15) is 0 Å². The molecule has 70 heavy (non-hydrogen) atoms. The van der Waals surface area contributed by atoms with E-state index in [1.165, 1.54) is 17.3 Å². The number of hydrogen-bond donors (Lipinski definition) is 0. The van der Waals surface area contributed by atoms with Crippen molar-refractivity contribution in [1.82, 2.24) is 19.5 Å². The van der Waals surface area contributed by atoms with E-state index in [1.54, 1.807) is 30.5 Å². The van der Waals surface area contributed by atoms with Crippen molar-refractivity contribution >= 4 is 46.4 Å². The predicted molar refractivity (Wildman–Crippen MR) is 294 cm³/mol. The Hall–Kier alpha value is -6.24. The Labute approximate surface area is 443 Å². The van der Waals surface area contributed by atoms with E-state index in [-0.39, 0.29) is 37.1 Å². The van der Waals surface area contributed by atoms with Crippen molar-refractivity contribution in [1.29, 1.82) is 0 Å². The topological polar surface area (TPSA) is 56.7 Å². The SMILES string of the molecule is [2H]C([2H])([2H])c1c[c-]c(-c2ccc(C([2H])([2H])C(C)(C)C)cn2)cc1-c1ccccc1.[2H]C([2H])([2H])c1ccc2c(n1)oc1c(-c3nc4ccccc4n3-c3c(C([2H])(C)C)cc(-c4ccc([Si](C)(C)C)cc4)cc3C([2H])(C)C)[c-]ccc12.[Ir]. The van der Waals surface area contributed by atoms with Crippen LogP contribution in [0.4, 0.5) is 0 Å². The Balaban J connectivity index is 0.000000239. The Morgan fingerprint density at radius 1 is 0.743 bits per heavy atom. The zero-order valence-electron chi connectivity index (χ0n) is 51.4. The maximum atomic E-state index is 9.48. The first kappa shape index (κ1) is 38.5. The second kappa shape index (κ2) is 20.2. The number of para-hydroxylation sites is 2. The van der Waals surface area contributed by atoms with Crippen molar-refractivity contribution in [3.8, 4) is 50.6 Å². The molecule has 0 unspecified atom stereocenters. The molecule has 357 valence electrons. The van der Waals surface area contributed by atoms with E-state index in [4.69, 9.17) is 20.4 Å². The van der Waals surface area contributed by atoms with Gasteiger partial charge in [0.15, 0.2) is 0 Å². The molecule has 0 saturated carbocycles. The maximum Gasteiger partial charge on any atom is 0.216 e. The van der Waals surface area contributed by atoms with Gasteiger partial charge < -0.3 is 14.0 Å². The third-order valence-corrected chi connectivity index (χ3v) is 14.2. The van der Waals surface area contributed by atoms with Crippen molar-refractivity contribution in [2.75, 3.05) is 0 Å². The molecule has 5 nitrogen and oxygen atoms in total. The van der Waals surface area contributed by atoms with Crippen molar-refractivity contribution < 1.29 is 38.2 Å². The zero-order valence-corrected chi connectivity index (χ0v) is 44.8. The van der Waals surface area contributed by atoms with Crippen LogP contribution in [0.2, 0.25) is 19.6 Å². The summed E-state index contributed by atoms with van der Waals surface area (Å²) in [5.41, 5.74) is 9.91. The van der Waals surface area contributed by atoms with Crippen molar-refractivity contribution in [3.05, 3.63) is 186 Å². The minimum absolute atomic E-state index is 0. The van der Waals surface area contributed by atoms with E-state index in [0.717, 1.165) is 49.9 Å². The van der Waals surface area contributed by atoms with Crippen LogP contribution in [0.25, 0.3) is 83.7 Å². The molecule has 10 aromatic rings. The van der Waals surface area contributed by atoms with Gasteiger partial charge in [-0.3, -0.25) is 4.98 Å². The Kier molecular flexibility index (Phi) is 11.1. The molecule has 1 radical (unpaired) electrons. The molecular weight excluding hydrogens is 1050 g/mol. The fourth-order valence-corrected chi connectivity index (χ4v) is 9.90. The minimum Gasteiger partial charge on any atom is -0.486 e. The summed E-state index contributed by atoms with van der Waals surface area (Å²) < 4.78 is 91.3. The number of aromatic nitrogens is 4. The fourth-order valence-electron chi connectivity index (χ4n) is 8.73. The molecule has 6 aromatic carbocycles. The summed E-state index contributed by atoms with van der Waals surface area (Å²) in [5.74, 6) is -1.58. The summed E-state index contributed by atoms with van der Waals surface area (Å²) in [5, 5.41) is 2.82. The standard InChI is InChI=1S/C40H40N3OSi.C23H24N.Ir/c1-24(2)33-22-28(27-17-19-29(20-18-27)45(6,7)8)23-34(25(3)4)37(33)43-36-15-10-9-14-35(36)42-39(43)32-13-11-12-30-31-21-16-26(5)41-40(31)44-38(30)32;1-17-10-12-20(14-21(17)19-8-6-5-7-9-19)22-13-11-18(16-24-22)15-23(2,3)4;/h9-12,14-25H,1-8H3;5-11,13-14,16H,15H2,1-4H3;/q2*-1;/i5D3,24D,25D;1D3,15D2;. The van der Waals surface area contributed by atoms with Gasteiger partial charge in [0.1, 0.15) is 0 Å². The third-order valence-electron chi connectivity index (χ3n) is 12.2. The van der Waals surface area contributed by atoms with E-state index >= 15 is 0 Å². The first-order valence-corrected chi connectivity index (χ1v) is 26.8. The van der Waals surface area contributed by atoms with E-state index in [0.29, 0.717) is 44.7 Å². The van der Waals surface area contributed by atoms with Crippen molar-refractivity contribution in [3.63, 3.8) is 0 Å². The Bertz CT molecular complexity index is 3850. The van der Waals surface area contributed by atoms with Crippen molar-refractivity contribution in [2.24, 2.45) is 5.41 Å². The van der Waals surface area contributed by atoms with Crippen LogP contribution in [-0.2, 0) is 26.5 Å². The Morgan fingerprint density at radius 2 is 1.46 bits per heavy atom. The number of rotatable bonds is 9. The number of furan rings is 1.